The predicted octanol–water partition coefficient (Wildman–Crippen LogP) is 2.18. The lowest BCUT2D eigenvalue weighted by atomic mass is 9.66. The minimum atomic E-state index is -4.44. The van der Waals surface area contributed by atoms with E-state index in [1.54, 1.807) is 44.0 Å². The molecular weight excluding hydrogens is 391 g/mol. The molecule has 1 aliphatic carbocycles. The predicted molar refractivity (Wildman–Crippen MR) is 97.0 cm³/mol. The van der Waals surface area contributed by atoms with Gasteiger partial charge in [-0.1, -0.05) is 18.2 Å². The van der Waals surface area contributed by atoms with Gasteiger partial charge in [0, 0.05) is 25.7 Å². The van der Waals surface area contributed by atoms with Gasteiger partial charge in [0.25, 0.3) is 0 Å². The van der Waals surface area contributed by atoms with Gasteiger partial charge < -0.3 is 19.6 Å². The zero-order valence-corrected chi connectivity index (χ0v) is 16.2. The number of carboxylic acids is 1. The van der Waals surface area contributed by atoms with Gasteiger partial charge in [0.05, 0.1) is 17.4 Å². The summed E-state index contributed by atoms with van der Waals surface area (Å²) in [6.07, 6.45) is 0.464. The lowest BCUT2D eigenvalue weighted by Crippen LogP contribution is -2.45. The maximum absolute atomic E-state index is 12.8. The number of carbonyl (C=O) groups excluding carboxylic acids is 1. The Balaban J connectivity index is 1.80. The third kappa shape index (κ3) is 3.51. The number of fused-ring (bicyclic) bond motifs is 1. The molecule has 2 aliphatic heterocycles. The molecule has 10 heteroatoms. The average Bonchev–Trinajstić information content (AvgIpc) is 2.77. The standard InChI is InChI=1S/C19H22F3N3O4/c1-10-6-12(7-24(3)16(10)29-9-19(20,21)22)11(2)25-8-18(14(23)17(27)28)5-4-13(18)15(25)26/h4-6,11,13,23H,7-9H2,1-3H3,(H,27,28). The molecule has 1 saturated heterocycles. The van der Waals surface area contributed by atoms with E-state index >= 15 is 0 Å². The molecule has 0 aromatic rings. The van der Waals surface area contributed by atoms with Crippen LogP contribution in [0.5, 0.6) is 0 Å². The highest BCUT2D eigenvalue weighted by atomic mass is 19.4. The van der Waals surface area contributed by atoms with E-state index in [2.05, 4.69) is 0 Å². The van der Waals surface area contributed by atoms with Crippen molar-refractivity contribution in [3.05, 3.63) is 35.3 Å². The van der Waals surface area contributed by atoms with Crippen LogP contribution in [-0.4, -0.2) is 71.5 Å². The molecule has 158 valence electrons. The van der Waals surface area contributed by atoms with Crippen LogP contribution in [0.3, 0.4) is 0 Å². The van der Waals surface area contributed by atoms with E-state index in [-0.39, 0.29) is 24.9 Å². The normalized spacial score (nSPS) is 27.4. The van der Waals surface area contributed by atoms with Crippen molar-refractivity contribution in [3.63, 3.8) is 0 Å². The van der Waals surface area contributed by atoms with Crippen LogP contribution in [0.2, 0.25) is 0 Å². The number of allylic oxidation sites excluding steroid dienone is 2. The van der Waals surface area contributed by atoms with Crippen LogP contribution in [0.4, 0.5) is 13.2 Å². The zero-order valence-electron chi connectivity index (χ0n) is 16.2. The SMILES string of the molecule is CC1=C(OCC(F)(F)F)N(C)CC(C(C)N2CC3(C(=N)C(=O)O)C=CC3C2=O)=C1. The topological polar surface area (TPSA) is 93.9 Å². The van der Waals surface area contributed by atoms with Crippen LogP contribution < -0.4 is 0 Å². The summed E-state index contributed by atoms with van der Waals surface area (Å²) in [4.78, 5) is 27.2. The van der Waals surface area contributed by atoms with Gasteiger partial charge >= 0.3 is 12.1 Å². The first-order valence-corrected chi connectivity index (χ1v) is 9.01. The molecule has 0 saturated carbocycles. The Morgan fingerprint density at radius 3 is 2.62 bits per heavy atom. The number of hydrogen-bond acceptors (Lipinski definition) is 5. The van der Waals surface area contributed by atoms with Gasteiger partial charge in [-0.3, -0.25) is 10.2 Å². The lowest BCUT2D eigenvalue weighted by Gasteiger charge is -2.36. The Morgan fingerprint density at radius 2 is 2.14 bits per heavy atom. The van der Waals surface area contributed by atoms with E-state index in [4.69, 9.17) is 10.1 Å². The summed E-state index contributed by atoms with van der Waals surface area (Å²) >= 11 is 0. The summed E-state index contributed by atoms with van der Waals surface area (Å²) in [7, 11) is 1.60. The van der Waals surface area contributed by atoms with Crippen molar-refractivity contribution in [2.75, 3.05) is 26.7 Å². The van der Waals surface area contributed by atoms with Crippen LogP contribution in [-0.2, 0) is 14.3 Å². The molecule has 0 aromatic heterocycles. The van der Waals surface area contributed by atoms with Gasteiger partial charge in [0.2, 0.25) is 5.91 Å². The number of hydrogen-bond donors (Lipinski definition) is 2. The number of amides is 1. The fraction of sp³-hybridized carbons (Fsp3) is 0.526. The summed E-state index contributed by atoms with van der Waals surface area (Å²) in [6.45, 7) is 2.38. The van der Waals surface area contributed by atoms with Gasteiger partial charge in [-0.25, -0.2) is 4.79 Å². The first kappa shape index (κ1) is 20.9. The molecule has 3 atom stereocenters. The number of nitrogens with zero attached hydrogens (tertiary/aromatic N) is 2. The summed E-state index contributed by atoms with van der Waals surface area (Å²) in [5.74, 6) is -2.16. The van der Waals surface area contributed by atoms with Crippen LogP contribution in [0.15, 0.2) is 35.3 Å². The van der Waals surface area contributed by atoms with Gasteiger partial charge in [-0.05, 0) is 19.4 Å². The van der Waals surface area contributed by atoms with E-state index in [1.165, 1.54) is 4.90 Å². The highest BCUT2D eigenvalue weighted by Gasteiger charge is 2.59. The third-order valence-corrected chi connectivity index (χ3v) is 5.68. The average molecular weight is 413 g/mol. The van der Waals surface area contributed by atoms with E-state index in [0.29, 0.717) is 5.57 Å². The fourth-order valence-electron chi connectivity index (χ4n) is 4.12. The monoisotopic (exact) mass is 413 g/mol. The van der Waals surface area contributed by atoms with Crippen molar-refractivity contribution in [3.8, 4) is 0 Å². The van der Waals surface area contributed by atoms with Gasteiger partial charge in [-0.15, -0.1) is 0 Å². The molecule has 0 spiro atoms. The van der Waals surface area contributed by atoms with Crippen LogP contribution in [0.1, 0.15) is 13.8 Å². The summed E-state index contributed by atoms with van der Waals surface area (Å²) in [5.41, 5.74) is -0.340. The van der Waals surface area contributed by atoms with Gasteiger partial charge in [0.15, 0.2) is 12.5 Å². The number of carbonyl (C=O) groups is 2. The van der Waals surface area contributed by atoms with E-state index in [1.807, 2.05) is 0 Å². The Morgan fingerprint density at radius 1 is 1.48 bits per heavy atom. The van der Waals surface area contributed by atoms with Crippen molar-refractivity contribution in [1.82, 2.24) is 9.80 Å². The first-order chi connectivity index (χ1) is 13.4. The number of halogens is 3. The second kappa shape index (κ2) is 6.93. The van der Waals surface area contributed by atoms with Crippen molar-refractivity contribution >= 4 is 17.6 Å². The molecule has 3 aliphatic rings. The maximum Gasteiger partial charge on any atom is 0.422 e. The molecule has 0 radical (unpaired) electrons. The fourth-order valence-corrected chi connectivity index (χ4v) is 4.12. The van der Waals surface area contributed by atoms with E-state index in [9.17, 15) is 27.9 Å². The summed E-state index contributed by atoms with van der Waals surface area (Å²) < 4.78 is 42.3. The van der Waals surface area contributed by atoms with Gasteiger partial charge in [-0.2, -0.15) is 13.2 Å². The minimum Gasteiger partial charge on any atom is -0.477 e. The summed E-state index contributed by atoms with van der Waals surface area (Å²) in [5, 5.41) is 17.1. The number of ether oxygens (including phenoxy) is 1. The molecule has 3 unspecified atom stereocenters. The van der Waals surface area contributed by atoms with E-state index in [0.717, 1.165) is 5.57 Å². The van der Waals surface area contributed by atoms with Crippen LogP contribution >= 0.6 is 0 Å². The van der Waals surface area contributed by atoms with Crippen molar-refractivity contribution in [1.29, 1.82) is 5.41 Å². The lowest BCUT2D eigenvalue weighted by molar-refractivity contribution is -0.169. The molecule has 1 amide bonds. The number of likely N-dealkylation sites (N-methyl/N-ethyl adjacent to an activating group) is 1. The third-order valence-electron chi connectivity index (χ3n) is 5.68. The molecule has 0 bridgehead atoms. The number of nitrogens with one attached hydrogen (secondary N) is 1. The van der Waals surface area contributed by atoms with Crippen LogP contribution in [0, 0.1) is 16.7 Å². The number of rotatable bonds is 6. The van der Waals surface area contributed by atoms with Gasteiger partial charge in [0.1, 0.15) is 5.71 Å². The van der Waals surface area contributed by atoms with E-state index < -0.39 is 41.8 Å². The second-order valence-corrected chi connectivity index (χ2v) is 7.67. The highest BCUT2D eigenvalue weighted by Crippen LogP contribution is 2.48. The number of likely N-dealkylation sites (tertiary alicyclic amines) is 1. The zero-order chi connectivity index (χ0) is 21.7. The Labute approximate surface area is 165 Å². The quantitative estimate of drug-likeness (QED) is 0.514. The molecule has 1 fully saturated rings. The molecule has 0 aromatic carbocycles. The number of carboxylic acid groups (broad SMARTS) is 1. The molecular formula is C19H22F3N3O4. The van der Waals surface area contributed by atoms with Crippen molar-refractivity contribution < 1.29 is 32.6 Å². The van der Waals surface area contributed by atoms with Crippen molar-refractivity contribution in [2.45, 2.75) is 26.1 Å². The Kier molecular flexibility index (Phi) is 5.00. The molecule has 29 heavy (non-hydrogen) atoms. The van der Waals surface area contributed by atoms with Crippen molar-refractivity contribution in [2.24, 2.45) is 11.3 Å². The molecule has 2 heterocycles. The van der Waals surface area contributed by atoms with Crippen LogP contribution in [0.25, 0.3) is 0 Å². The highest BCUT2D eigenvalue weighted by molar-refractivity contribution is 6.38. The molecule has 2 N–H and O–H groups in total. The number of aliphatic carboxylic acids is 1. The molecule has 7 nitrogen and oxygen atoms in total. The largest absolute Gasteiger partial charge is 0.477 e. The Bertz CT molecular complexity index is 861. The molecule has 3 rings (SSSR count). The maximum atomic E-state index is 12.8. The second-order valence-electron chi connectivity index (χ2n) is 7.67. The smallest absolute Gasteiger partial charge is 0.422 e. The minimum absolute atomic E-state index is 0.0839. The number of alkyl halides is 3. The summed E-state index contributed by atoms with van der Waals surface area (Å²) in [6, 6.07) is -0.407. The Hall–Kier alpha value is -2.78. The first-order valence-electron chi connectivity index (χ1n) is 9.01.